The molecule has 0 spiro atoms. The highest BCUT2D eigenvalue weighted by Crippen LogP contribution is 2.34. The van der Waals surface area contributed by atoms with Crippen molar-refractivity contribution in [3.05, 3.63) is 77.6 Å². The van der Waals surface area contributed by atoms with Crippen LogP contribution in [0.5, 0.6) is 23.0 Å². The molecule has 0 aromatic heterocycles. The van der Waals surface area contributed by atoms with Crippen molar-refractivity contribution < 1.29 is 37.7 Å². The van der Waals surface area contributed by atoms with E-state index >= 15 is 0 Å². The van der Waals surface area contributed by atoms with Gasteiger partial charge in [-0.15, -0.1) is 0 Å². The molecule has 2 aliphatic heterocycles. The summed E-state index contributed by atoms with van der Waals surface area (Å²) in [7, 11) is 0. The Bertz CT molecular complexity index is 1380. The van der Waals surface area contributed by atoms with Gasteiger partial charge in [0.15, 0.2) is 30.5 Å². The zero-order valence-corrected chi connectivity index (χ0v) is 20.4. The number of hydrogen-bond acceptors (Lipinski definition) is 7. The van der Waals surface area contributed by atoms with Crippen LogP contribution in [0.4, 0.5) is 10.1 Å². The van der Waals surface area contributed by atoms with E-state index in [1.165, 1.54) is 23.1 Å². The number of hydrogen-bond donors (Lipinski definition) is 1. The molecule has 0 atom stereocenters. The highest BCUT2D eigenvalue weighted by Gasteiger charge is 2.26. The molecule has 3 aromatic rings. The van der Waals surface area contributed by atoms with Gasteiger partial charge in [-0.2, -0.15) is 0 Å². The van der Waals surface area contributed by atoms with E-state index in [0.29, 0.717) is 41.5 Å². The second kappa shape index (κ2) is 11.2. The van der Waals surface area contributed by atoms with Gasteiger partial charge in [0, 0.05) is 31.1 Å². The minimum Gasteiger partial charge on any atom is -0.485 e. The van der Waals surface area contributed by atoms with Crippen LogP contribution in [0.1, 0.15) is 28.8 Å². The van der Waals surface area contributed by atoms with Crippen molar-refractivity contribution in [3.63, 3.8) is 0 Å². The van der Waals surface area contributed by atoms with Gasteiger partial charge in [0.1, 0.15) is 17.3 Å². The van der Waals surface area contributed by atoms with Crippen molar-refractivity contribution in [2.24, 2.45) is 0 Å². The average molecular weight is 521 g/mol. The molecule has 196 valence electrons. The summed E-state index contributed by atoms with van der Waals surface area (Å²) < 4.78 is 34.9. The third kappa shape index (κ3) is 5.86. The van der Waals surface area contributed by atoms with Gasteiger partial charge < -0.3 is 29.2 Å². The maximum atomic E-state index is 13.3. The number of ether oxygens (including phenoxy) is 4. The summed E-state index contributed by atoms with van der Waals surface area (Å²) in [5, 5.41) is 2.87. The fourth-order valence-electron chi connectivity index (χ4n) is 4.15. The summed E-state index contributed by atoms with van der Waals surface area (Å²) in [4.78, 5) is 39.2. The first-order valence-electron chi connectivity index (χ1n) is 12.1. The number of carbonyl (C=O) groups excluding carboxylic acids is 3. The Kier molecular flexibility index (Phi) is 7.39. The Hall–Kier alpha value is -4.60. The SMILES string of the molecule is O=C(CCCN1C(=O)COc2ccc(C(=O)COc3cccc(F)c3)cc21)NCc1ccc2c(c1)OCO2. The van der Waals surface area contributed by atoms with Gasteiger partial charge in [0.2, 0.25) is 12.7 Å². The molecule has 0 fully saturated rings. The Labute approximate surface area is 218 Å². The highest BCUT2D eigenvalue weighted by molar-refractivity contribution is 6.02. The molecule has 38 heavy (non-hydrogen) atoms. The van der Waals surface area contributed by atoms with E-state index in [4.69, 9.17) is 18.9 Å². The van der Waals surface area contributed by atoms with Crippen LogP contribution in [-0.4, -0.2) is 44.1 Å². The number of amides is 2. The van der Waals surface area contributed by atoms with Crippen molar-refractivity contribution in [2.45, 2.75) is 19.4 Å². The van der Waals surface area contributed by atoms with E-state index < -0.39 is 5.82 Å². The number of nitrogens with zero attached hydrogens (tertiary/aromatic N) is 1. The fraction of sp³-hybridized carbons (Fsp3) is 0.250. The number of fused-ring (bicyclic) bond motifs is 2. The number of halogens is 1. The van der Waals surface area contributed by atoms with Gasteiger partial charge in [0.05, 0.1) is 5.69 Å². The van der Waals surface area contributed by atoms with Gasteiger partial charge in [-0.3, -0.25) is 14.4 Å². The zero-order chi connectivity index (χ0) is 26.5. The average Bonchev–Trinajstić information content (AvgIpc) is 3.39. The number of Topliss-reactive ketones (excluding diaryl/α,β-unsaturated/α-hetero) is 1. The summed E-state index contributed by atoms with van der Waals surface area (Å²) in [6.07, 6.45) is 0.629. The van der Waals surface area contributed by atoms with Crippen molar-refractivity contribution in [1.82, 2.24) is 5.32 Å². The first-order chi connectivity index (χ1) is 18.5. The molecule has 2 amide bonds. The molecular weight excluding hydrogens is 495 g/mol. The van der Waals surface area contributed by atoms with E-state index in [1.807, 2.05) is 12.1 Å². The van der Waals surface area contributed by atoms with Crippen LogP contribution >= 0.6 is 0 Å². The quantitative estimate of drug-likeness (QED) is 0.407. The van der Waals surface area contributed by atoms with Crippen LogP contribution in [0.2, 0.25) is 0 Å². The van der Waals surface area contributed by atoms with E-state index in [1.54, 1.807) is 30.3 Å². The van der Waals surface area contributed by atoms with Crippen LogP contribution in [-0.2, 0) is 16.1 Å². The Morgan fingerprint density at radius 1 is 0.974 bits per heavy atom. The Balaban J connectivity index is 1.15. The molecule has 3 aromatic carbocycles. The molecule has 10 heteroatoms. The van der Waals surface area contributed by atoms with Gasteiger partial charge in [0.25, 0.3) is 5.91 Å². The monoisotopic (exact) mass is 520 g/mol. The zero-order valence-electron chi connectivity index (χ0n) is 20.4. The summed E-state index contributed by atoms with van der Waals surface area (Å²) in [5.41, 5.74) is 1.67. The van der Waals surface area contributed by atoms with E-state index in [-0.39, 0.29) is 56.3 Å². The van der Waals surface area contributed by atoms with Crippen LogP contribution in [0, 0.1) is 5.82 Å². The number of rotatable bonds is 10. The molecular formula is C28H25FN2O7. The predicted molar refractivity (Wildman–Crippen MR) is 134 cm³/mol. The van der Waals surface area contributed by atoms with Gasteiger partial charge in [-0.1, -0.05) is 12.1 Å². The van der Waals surface area contributed by atoms with Crippen molar-refractivity contribution in [2.75, 3.05) is 31.5 Å². The minimum atomic E-state index is -0.461. The van der Waals surface area contributed by atoms with Crippen molar-refractivity contribution >= 4 is 23.3 Å². The molecule has 9 nitrogen and oxygen atoms in total. The van der Waals surface area contributed by atoms with Crippen molar-refractivity contribution in [3.8, 4) is 23.0 Å². The number of nitrogens with one attached hydrogen (secondary N) is 1. The lowest BCUT2D eigenvalue weighted by molar-refractivity contribution is -0.123. The number of carbonyl (C=O) groups is 3. The van der Waals surface area contributed by atoms with Crippen molar-refractivity contribution in [1.29, 1.82) is 0 Å². The summed E-state index contributed by atoms with van der Waals surface area (Å²) >= 11 is 0. The summed E-state index contributed by atoms with van der Waals surface area (Å²) in [6.45, 7) is 0.398. The molecule has 0 bridgehead atoms. The lowest BCUT2D eigenvalue weighted by Crippen LogP contribution is -2.40. The third-order valence-corrected chi connectivity index (χ3v) is 6.10. The van der Waals surface area contributed by atoms with Gasteiger partial charge in [-0.25, -0.2) is 4.39 Å². The Morgan fingerprint density at radius 3 is 2.68 bits per heavy atom. The molecule has 2 aliphatic rings. The number of benzene rings is 3. The molecule has 0 aliphatic carbocycles. The smallest absolute Gasteiger partial charge is 0.265 e. The molecule has 0 saturated carbocycles. The molecule has 0 unspecified atom stereocenters. The fourth-order valence-corrected chi connectivity index (χ4v) is 4.15. The molecule has 1 N–H and O–H groups in total. The summed E-state index contributed by atoms with van der Waals surface area (Å²) in [5.74, 6) is 0.835. The van der Waals surface area contributed by atoms with E-state index in [0.717, 1.165) is 5.56 Å². The van der Waals surface area contributed by atoms with E-state index in [2.05, 4.69) is 5.32 Å². The first kappa shape index (κ1) is 25.1. The largest absolute Gasteiger partial charge is 0.485 e. The number of ketones is 1. The third-order valence-electron chi connectivity index (χ3n) is 6.10. The predicted octanol–water partition coefficient (Wildman–Crippen LogP) is 3.64. The normalized spacial score (nSPS) is 13.5. The second-order valence-corrected chi connectivity index (χ2v) is 8.75. The van der Waals surface area contributed by atoms with Crippen LogP contribution in [0.3, 0.4) is 0 Å². The topological polar surface area (TPSA) is 103 Å². The maximum absolute atomic E-state index is 13.3. The first-order valence-corrected chi connectivity index (χ1v) is 12.1. The van der Waals surface area contributed by atoms with Gasteiger partial charge >= 0.3 is 0 Å². The summed E-state index contributed by atoms with van der Waals surface area (Å²) in [6, 6.07) is 15.8. The molecule has 0 saturated heterocycles. The second-order valence-electron chi connectivity index (χ2n) is 8.75. The van der Waals surface area contributed by atoms with Crippen LogP contribution in [0.25, 0.3) is 0 Å². The molecule has 5 rings (SSSR count). The minimum absolute atomic E-state index is 0.126. The van der Waals surface area contributed by atoms with Crippen LogP contribution < -0.4 is 29.2 Å². The lowest BCUT2D eigenvalue weighted by atomic mass is 10.1. The van der Waals surface area contributed by atoms with E-state index in [9.17, 15) is 18.8 Å². The Morgan fingerprint density at radius 2 is 1.82 bits per heavy atom. The highest BCUT2D eigenvalue weighted by atomic mass is 19.1. The van der Waals surface area contributed by atoms with Crippen LogP contribution in [0.15, 0.2) is 60.7 Å². The lowest BCUT2D eigenvalue weighted by Gasteiger charge is -2.29. The maximum Gasteiger partial charge on any atom is 0.265 e. The number of anilines is 1. The standard InChI is InChI=1S/C28H25FN2O7/c29-20-3-1-4-21(13-20)35-15-23(32)19-7-9-24-22(12-19)31(28(34)16-36-24)10-2-5-27(33)30-14-18-6-8-25-26(11-18)38-17-37-25/h1,3-4,6-9,11-13H,2,5,10,14-17H2,(H,30,33). The molecule has 2 heterocycles. The molecule has 0 radical (unpaired) electrons. The van der Waals surface area contributed by atoms with Gasteiger partial charge in [-0.05, 0) is 54.4 Å².